The summed E-state index contributed by atoms with van der Waals surface area (Å²) in [4.78, 5) is 2.14. The summed E-state index contributed by atoms with van der Waals surface area (Å²) < 4.78 is 1.77. The molecule has 1 aliphatic heterocycles. The Morgan fingerprint density at radius 1 is 1.32 bits per heavy atom. The van der Waals surface area contributed by atoms with E-state index in [2.05, 4.69) is 10.00 Å². The van der Waals surface area contributed by atoms with Crippen LogP contribution in [-0.4, -0.2) is 21.4 Å². The van der Waals surface area contributed by atoms with Gasteiger partial charge in [-0.2, -0.15) is 5.10 Å². The second-order valence-corrected chi connectivity index (χ2v) is 6.64. The maximum absolute atomic E-state index is 10.0. The van der Waals surface area contributed by atoms with Gasteiger partial charge in [0.05, 0.1) is 22.5 Å². The Balaban J connectivity index is 2.16. The maximum Gasteiger partial charge on any atom is 0.158 e. The molecule has 118 valence electrons. The molecular weight excluding hydrogens is 321 g/mol. The number of aliphatic hydroxyl groups excluding tert-OH is 1. The first-order valence-corrected chi connectivity index (χ1v) is 8.12. The van der Waals surface area contributed by atoms with Crippen LogP contribution >= 0.6 is 23.2 Å². The van der Waals surface area contributed by atoms with Gasteiger partial charge < -0.3 is 10.0 Å². The van der Waals surface area contributed by atoms with Crippen molar-refractivity contribution in [2.75, 3.05) is 11.4 Å². The third-order valence-corrected chi connectivity index (χ3v) is 4.63. The number of benzene rings is 1. The van der Waals surface area contributed by atoms with E-state index in [1.165, 1.54) is 0 Å². The summed E-state index contributed by atoms with van der Waals surface area (Å²) >= 11 is 12.5. The van der Waals surface area contributed by atoms with Crippen molar-refractivity contribution in [3.8, 4) is 0 Å². The summed E-state index contributed by atoms with van der Waals surface area (Å²) in [5.74, 6) is 0.886. The molecule has 2 heterocycles. The van der Waals surface area contributed by atoms with Crippen LogP contribution in [0.2, 0.25) is 10.0 Å². The lowest BCUT2D eigenvalue weighted by Crippen LogP contribution is -2.25. The third-order valence-electron chi connectivity index (χ3n) is 4.12. The van der Waals surface area contributed by atoms with Crippen molar-refractivity contribution in [1.82, 2.24) is 9.78 Å². The average Bonchev–Trinajstić information content (AvgIpc) is 2.74. The van der Waals surface area contributed by atoms with Crippen LogP contribution < -0.4 is 4.90 Å². The van der Waals surface area contributed by atoms with Gasteiger partial charge in [-0.3, -0.25) is 4.68 Å². The Kier molecular flexibility index (Phi) is 4.10. The summed E-state index contributed by atoms with van der Waals surface area (Å²) in [5, 5.41) is 15.9. The van der Waals surface area contributed by atoms with Crippen LogP contribution in [0.1, 0.15) is 36.3 Å². The topological polar surface area (TPSA) is 41.3 Å². The summed E-state index contributed by atoms with van der Waals surface area (Å²) in [7, 11) is 1.87. The minimum absolute atomic E-state index is 0.539. The third kappa shape index (κ3) is 2.49. The number of hydrogen-bond acceptors (Lipinski definition) is 3. The van der Waals surface area contributed by atoms with Crippen molar-refractivity contribution in [2.24, 2.45) is 7.05 Å². The molecule has 0 aliphatic carbocycles. The molecule has 1 unspecified atom stereocenters. The number of fused-ring (bicyclic) bond motifs is 1. The molecule has 0 radical (unpaired) electrons. The molecular formula is C16H19Cl2N3O. The van der Waals surface area contributed by atoms with Gasteiger partial charge in [0.25, 0.3) is 0 Å². The Morgan fingerprint density at radius 3 is 2.68 bits per heavy atom. The zero-order valence-electron chi connectivity index (χ0n) is 12.9. The number of aliphatic hydroxyl groups is 1. The number of aryl methyl sites for hydroxylation is 2. The van der Waals surface area contributed by atoms with E-state index < -0.39 is 6.10 Å². The van der Waals surface area contributed by atoms with E-state index in [0.717, 1.165) is 47.7 Å². The molecule has 1 aromatic carbocycles. The molecule has 0 bridgehead atoms. The fraction of sp³-hybridized carbons (Fsp3) is 0.438. The van der Waals surface area contributed by atoms with Gasteiger partial charge in [0.15, 0.2) is 5.82 Å². The van der Waals surface area contributed by atoms with Crippen molar-refractivity contribution in [2.45, 2.75) is 32.8 Å². The van der Waals surface area contributed by atoms with Gasteiger partial charge in [-0.1, -0.05) is 23.2 Å². The molecule has 0 fully saturated rings. The highest BCUT2D eigenvalue weighted by Crippen LogP contribution is 2.41. The van der Waals surface area contributed by atoms with Crippen LogP contribution in [0.15, 0.2) is 12.1 Å². The molecule has 22 heavy (non-hydrogen) atoms. The fourth-order valence-corrected chi connectivity index (χ4v) is 4.02. The van der Waals surface area contributed by atoms with Crippen LogP contribution in [0.3, 0.4) is 0 Å². The standard InChI is InChI=1S/C16H19Cl2N3O/c1-9-7-11(17)8-13(18)14(9)21-6-4-5-12-15(10(2)22)20(3)19-16(12)21/h7-8,10,22H,4-6H2,1-3H3. The Labute approximate surface area is 140 Å². The van der Waals surface area contributed by atoms with Crippen molar-refractivity contribution >= 4 is 34.7 Å². The molecule has 1 atom stereocenters. The van der Waals surface area contributed by atoms with E-state index in [4.69, 9.17) is 23.2 Å². The zero-order chi connectivity index (χ0) is 16.0. The minimum atomic E-state index is -0.539. The molecule has 0 saturated carbocycles. The summed E-state index contributed by atoms with van der Waals surface area (Å²) in [6.07, 6.45) is 1.38. The zero-order valence-corrected chi connectivity index (χ0v) is 14.4. The first-order chi connectivity index (χ1) is 10.4. The Bertz CT molecular complexity index is 701. The molecule has 6 heteroatoms. The summed E-state index contributed by atoms with van der Waals surface area (Å²) in [6.45, 7) is 4.63. The van der Waals surface area contributed by atoms with Crippen LogP contribution in [-0.2, 0) is 13.5 Å². The van der Waals surface area contributed by atoms with Gasteiger partial charge in [-0.25, -0.2) is 0 Å². The smallest absolute Gasteiger partial charge is 0.158 e. The number of rotatable bonds is 2. The largest absolute Gasteiger partial charge is 0.387 e. The van der Waals surface area contributed by atoms with E-state index in [9.17, 15) is 5.11 Å². The number of halogens is 2. The normalized spacial score (nSPS) is 15.8. The van der Waals surface area contributed by atoms with E-state index in [1.54, 1.807) is 17.7 Å². The van der Waals surface area contributed by atoms with Gasteiger partial charge in [0.2, 0.25) is 0 Å². The number of anilines is 2. The molecule has 0 saturated heterocycles. The van der Waals surface area contributed by atoms with Crippen molar-refractivity contribution in [1.29, 1.82) is 0 Å². The predicted molar refractivity (Wildman–Crippen MR) is 90.4 cm³/mol. The lowest BCUT2D eigenvalue weighted by Gasteiger charge is -2.30. The van der Waals surface area contributed by atoms with Gasteiger partial charge in [0, 0.05) is 24.2 Å². The van der Waals surface area contributed by atoms with Crippen LogP contribution in [0.4, 0.5) is 11.5 Å². The lowest BCUT2D eigenvalue weighted by molar-refractivity contribution is 0.188. The Morgan fingerprint density at radius 2 is 2.05 bits per heavy atom. The van der Waals surface area contributed by atoms with E-state index >= 15 is 0 Å². The molecule has 0 spiro atoms. The van der Waals surface area contributed by atoms with Gasteiger partial charge >= 0.3 is 0 Å². The molecule has 4 nitrogen and oxygen atoms in total. The van der Waals surface area contributed by atoms with Gasteiger partial charge in [0.1, 0.15) is 0 Å². The van der Waals surface area contributed by atoms with Crippen LogP contribution in [0.25, 0.3) is 0 Å². The molecule has 3 rings (SSSR count). The minimum Gasteiger partial charge on any atom is -0.387 e. The summed E-state index contributed by atoms with van der Waals surface area (Å²) in [5.41, 5.74) is 3.95. The van der Waals surface area contributed by atoms with Crippen molar-refractivity contribution in [3.05, 3.63) is 39.0 Å². The molecule has 1 aliphatic rings. The second-order valence-electron chi connectivity index (χ2n) is 5.80. The molecule has 2 aromatic rings. The van der Waals surface area contributed by atoms with E-state index in [-0.39, 0.29) is 0 Å². The van der Waals surface area contributed by atoms with Crippen molar-refractivity contribution < 1.29 is 5.11 Å². The van der Waals surface area contributed by atoms with Gasteiger partial charge in [-0.05, 0) is 44.4 Å². The highest BCUT2D eigenvalue weighted by atomic mass is 35.5. The van der Waals surface area contributed by atoms with Crippen LogP contribution in [0.5, 0.6) is 0 Å². The molecule has 0 amide bonds. The maximum atomic E-state index is 10.0. The number of nitrogens with zero attached hydrogens (tertiary/aromatic N) is 3. The number of hydrogen-bond donors (Lipinski definition) is 1. The molecule has 1 N–H and O–H groups in total. The second kappa shape index (κ2) is 5.76. The SMILES string of the molecule is Cc1cc(Cl)cc(Cl)c1N1CCCc2c1nn(C)c2C(C)O. The average molecular weight is 340 g/mol. The highest BCUT2D eigenvalue weighted by Gasteiger charge is 2.29. The Hall–Kier alpha value is -1.23. The van der Waals surface area contributed by atoms with Crippen molar-refractivity contribution in [3.63, 3.8) is 0 Å². The molecule has 1 aromatic heterocycles. The highest BCUT2D eigenvalue weighted by molar-refractivity contribution is 6.36. The lowest BCUT2D eigenvalue weighted by atomic mass is 10.0. The summed E-state index contributed by atoms with van der Waals surface area (Å²) in [6, 6.07) is 3.67. The fourth-order valence-electron chi connectivity index (χ4n) is 3.32. The number of aromatic nitrogens is 2. The quantitative estimate of drug-likeness (QED) is 0.892. The monoisotopic (exact) mass is 339 g/mol. The van der Waals surface area contributed by atoms with Crippen LogP contribution in [0, 0.1) is 6.92 Å². The predicted octanol–water partition coefficient (Wildman–Crippen LogP) is 4.17. The van der Waals surface area contributed by atoms with Gasteiger partial charge in [-0.15, -0.1) is 0 Å². The first kappa shape index (κ1) is 15.7. The van der Waals surface area contributed by atoms with E-state index in [0.29, 0.717) is 10.0 Å². The van der Waals surface area contributed by atoms with E-state index in [1.807, 2.05) is 20.0 Å². The first-order valence-electron chi connectivity index (χ1n) is 7.37.